The number of benzene rings is 1. The molecule has 0 unspecified atom stereocenters. The number of ether oxygens (including phenoxy) is 2. The van der Waals surface area contributed by atoms with Gasteiger partial charge in [-0.25, -0.2) is 9.37 Å². The highest BCUT2D eigenvalue weighted by atomic mass is 19.1. The predicted octanol–water partition coefficient (Wildman–Crippen LogP) is 2.66. The number of ketones is 1. The first kappa shape index (κ1) is 14.0. The quantitative estimate of drug-likeness (QED) is 0.787. The van der Waals surface area contributed by atoms with Gasteiger partial charge in [0.25, 0.3) is 0 Å². The van der Waals surface area contributed by atoms with Crippen molar-refractivity contribution in [3.8, 4) is 11.6 Å². The van der Waals surface area contributed by atoms with Crippen LogP contribution in [0.4, 0.5) is 4.39 Å². The van der Waals surface area contributed by atoms with Gasteiger partial charge in [0.2, 0.25) is 5.88 Å². The van der Waals surface area contributed by atoms with E-state index in [-0.39, 0.29) is 17.8 Å². The summed E-state index contributed by atoms with van der Waals surface area (Å²) in [5, 5.41) is 0. The van der Waals surface area contributed by atoms with Crippen LogP contribution in [0.25, 0.3) is 0 Å². The predicted molar refractivity (Wildman–Crippen MR) is 71.8 cm³/mol. The molecule has 1 heterocycles. The van der Waals surface area contributed by atoms with Crippen LogP contribution < -0.4 is 9.47 Å². The third-order valence-corrected chi connectivity index (χ3v) is 2.83. The third-order valence-electron chi connectivity index (χ3n) is 2.83. The smallest absolute Gasteiger partial charge is 0.212 e. The van der Waals surface area contributed by atoms with Crippen LogP contribution in [0.1, 0.15) is 15.9 Å². The lowest BCUT2D eigenvalue weighted by atomic mass is 10.0. The SMILES string of the molecule is COc1ccc(CC(=O)c2cc(F)ccc2OC)cn1. The van der Waals surface area contributed by atoms with Crippen molar-refractivity contribution in [2.45, 2.75) is 6.42 Å². The van der Waals surface area contributed by atoms with Crippen LogP contribution in [-0.4, -0.2) is 25.0 Å². The number of halogens is 1. The topological polar surface area (TPSA) is 48.4 Å². The van der Waals surface area contributed by atoms with Gasteiger partial charge >= 0.3 is 0 Å². The van der Waals surface area contributed by atoms with E-state index in [1.54, 1.807) is 18.3 Å². The Morgan fingerprint density at radius 2 is 2.00 bits per heavy atom. The Labute approximate surface area is 116 Å². The van der Waals surface area contributed by atoms with Crippen LogP contribution >= 0.6 is 0 Å². The zero-order valence-corrected chi connectivity index (χ0v) is 11.2. The van der Waals surface area contributed by atoms with Crippen molar-refractivity contribution in [3.05, 3.63) is 53.5 Å². The first-order valence-electron chi connectivity index (χ1n) is 5.99. The molecule has 20 heavy (non-hydrogen) atoms. The maximum atomic E-state index is 13.2. The van der Waals surface area contributed by atoms with Crippen molar-refractivity contribution in [1.82, 2.24) is 4.98 Å². The molecule has 2 rings (SSSR count). The van der Waals surface area contributed by atoms with Gasteiger partial charge in [0.1, 0.15) is 11.6 Å². The molecule has 0 fully saturated rings. The van der Waals surface area contributed by atoms with Crippen LogP contribution in [0.3, 0.4) is 0 Å². The number of pyridine rings is 1. The summed E-state index contributed by atoms with van der Waals surface area (Å²) in [6.45, 7) is 0. The van der Waals surface area contributed by atoms with Crippen molar-refractivity contribution >= 4 is 5.78 Å². The van der Waals surface area contributed by atoms with Crippen LogP contribution in [0, 0.1) is 5.82 Å². The minimum absolute atomic E-state index is 0.122. The number of hydrogen-bond acceptors (Lipinski definition) is 4. The second-order valence-corrected chi connectivity index (χ2v) is 4.15. The zero-order chi connectivity index (χ0) is 14.5. The van der Waals surface area contributed by atoms with E-state index >= 15 is 0 Å². The molecule has 0 saturated heterocycles. The molecule has 0 atom stereocenters. The minimum atomic E-state index is -0.470. The fraction of sp³-hybridized carbons (Fsp3) is 0.200. The molecule has 0 bridgehead atoms. The molecule has 1 aromatic heterocycles. The van der Waals surface area contributed by atoms with Crippen molar-refractivity contribution in [1.29, 1.82) is 0 Å². The molecular weight excluding hydrogens is 261 g/mol. The van der Waals surface area contributed by atoms with Gasteiger partial charge in [-0.05, 0) is 23.8 Å². The number of hydrogen-bond donors (Lipinski definition) is 0. The summed E-state index contributed by atoms with van der Waals surface area (Å²) < 4.78 is 23.3. The Morgan fingerprint density at radius 3 is 2.60 bits per heavy atom. The largest absolute Gasteiger partial charge is 0.496 e. The molecule has 0 amide bonds. The summed E-state index contributed by atoms with van der Waals surface area (Å²) in [6.07, 6.45) is 1.68. The van der Waals surface area contributed by atoms with Gasteiger partial charge in [0.15, 0.2) is 5.78 Å². The molecular formula is C15H14FNO3. The molecule has 0 saturated carbocycles. The molecule has 0 spiro atoms. The second kappa shape index (κ2) is 6.14. The summed E-state index contributed by atoms with van der Waals surface area (Å²) in [5.41, 5.74) is 0.949. The highest BCUT2D eigenvalue weighted by Gasteiger charge is 2.14. The van der Waals surface area contributed by atoms with E-state index in [9.17, 15) is 9.18 Å². The highest BCUT2D eigenvalue weighted by Crippen LogP contribution is 2.21. The van der Waals surface area contributed by atoms with Gasteiger partial charge in [0, 0.05) is 18.7 Å². The third kappa shape index (κ3) is 3.12. The Kier molecular flexibility index (Phi) is 4.30. The highest BCUT2D eigenvalue weighted by molar-refractivity contribution is 5.99. The first-order valence-corrected chi connectivity index (χ1v) is 5.99. The van der Waals surface area contributed by atoms with Crippen LogP contribution in [-0.2, 0) is 6.42 Å². The van der Waals surface area contributed by atoms with Gasteiger partial charge in [-0.15, -0.1) is 0 Å². The van der Waals surface area contributed by atoms with Crippen molar-refractivity contribution in [3.63, 3.8) is 0 Å². The summed E-state index contributed by atoms with van der Waals surface area (Å²) in [6, 6.07) is 7.29. The zero-order valence-electron chi connectivity index (χ0n) is 11.2. The second-order valence-electron chi connectivity index (χ2n) is 4.15. The molecule has 104 valence electrons. The lowest BCUT2D eigenvalue weighted by Crippen LogP contribution is -2.06. The maximum absolute atomic E-state index is 13.2. The maximum Gasteiger partial charge on any atom is 0.212 e. The molecule has 4 nitrogen and oxygen atoms in total. The normalized spacial score (nSPS) is 10.2. The molecule has 0 N–H and O–H groups in total. The number of aromatic nitrogens is 1. The number of carbonyl (C=O) groups excluding carboxylic acids is 1. The van der Waals surface area contributed by atoms with E-state index in [2.05, 4.69) is 4.98 Å². The Hall–Kier alpha value is -2.43. The minimum Gasteiger partial charge on any atom is -0.496 e. The Bertz CT molecular complexity index is 611. The fourth-order valence-electron chi connectivity index (χ4n) is 1.81. The molecule has 0 aliphatic rings. The van der Waals surface area contributed by atoms with Crippen LogP contribution in [0.2, 0.25) is 0 Å². The number of carbonyl (C=O) groups is 1. The number of nitrogens with zero attached hydrogens (tertiary/aromatic N) is 1. The van der Waals surface area contributed by atoms with Gasteiger partial charge < -0.3 is 9.47 Å². The summed E-state index contributed by atoms with van der Waals surface area (Å²) >= 11 is 0. The average molecular weight is 275 g/mol. The van der Waals surface area contributed by atoms with Crippen LogP contribution in [0.15, 0.2) is 36.5 Å². The Balaban J connectivity index is 2.20. The van der Waals surface area contributed by atoms with E-state index in [1.807, 2.05) is 0 Å². The number of Topliss-reactive ketones (excluding diaryl/α,β-unsaturated/α-hetero) is 1. The molecule has 5 heteroatoms. The van der Waals surface area contributed by atoms with Crippen molar-refractivity contribution < 1.29 is 18.7 Å². The summed E-state index contributed by atoms with van der Waals surface area (Å²) in [7, 11) is 2.96. The van der Waals surface area contributed by atoms with Gasteiger partial charge in [-0.1, -0.05) is 6.07 Å². The molecule has 0 aliphatic heterocycles. The number of methoxy groups -OCH3 is 2. The molecule has 0 aliphatic carbocycles. The first-order chi connectivity index (χ1) is 9.63. The van der Waals surface area contributed by atoms with Crippen molar-refractivity contribution in [2.24, 2.45) is 0 Å². The Morgan fingerprint density at radius 1 is 1.20 bits per heavy atom. The van der Waals surface area contributed by atoms with E-state index in [0.29, 0.717) is 11.6 Å². The van der Waals surface area contributed by atoms with E-state index < -0.39 is 5.82 Å². The fourth-order valence-corrected chi connectivity index (χ4v) is 1.81. The molecule has 1 aromatic carbocycles. The molecule has 2 aromatic rings. The lowest BCUT2D eigenvalue weighted by molar-refractivity contribution is 0.0989. The lowest BCUT2D eigenvalue weighted by Gasteiger charge is -2.08. The van der Waals surface area contributed by atoms with Crippen LogP contribution in [0.5, 0.6) is 11.6 Å². The van der Waals surface area contributed by atoms with Crippen molar-refractivity contribution in [2.75, 3.05) is 14.2 Å². The van der Waals surface area contributed by atoms with Gasteiger partial charge in [-0.3, -0.25) is 4.79 Å². The average Bonchev–Trinajstić information content (AvgIpc) is 2.48. The number of rotatable bonds is 5. The van der Waals surface area contributed by atoms with E-state index in [4.69, 9.17) is 9.47 Å². The summed E-state index contributed by atoms with van der Waals surface area (Å²) in [5.74, 6) is 0.137. The van der Waals surface area contributed by atoms with Gasteiger partial charge in [-0.2, -0.15) is 0 Å². The summed E-state index contributed by atoms with van der Waals surface area (Å²) in [4.78, 5) is 16.2. The monoisotopic (exact) mass is 275 g/mol. The van der Waals surface area contributed by atoms with Gasteiger partial charge in [0.05, 0.1) is 19.8 Å². The molecule has 0 radical (unpaired) electrons. The standard InChI is InChI=1S/C15H14FNO3/c1-19-14-5-4-11(16)8-12(14)13(18)7-10-3-6-15(20-2)17-9-10/h3-6,8-9H,7H2,1-2H3. The van der Waals surface area contributed by atoms with E-state index in [0.717, 1.165) is 5.56 Å². The van der Waals surface area contributed by atoms with E-state index in [1.165, 1.54) is 32.4 Å².